The summed E-state index contributed by atoms with van der Waals surface area (Å²) >= 11 is 0. The molecule has 3 aromatic rings. The first-order valence-electron chi connectivity index (χ1n) is 14.6. The molecule has 5 atom stereocenters. The highest BCUT2D eigenvalue weighted by Crippen LogP contribution is 2.42. The molecule has 0 saturated heterocycles. The smallest absolute Gasteiger partial charge is 0.309 e. The van der Waals surface area contributed by atoms with Gasteiger partial charge >= 0.3 is 5.97 Å². The number of rotatable bonds is 9. The number of nitrogens with zero attached hydrogens (tertiary/aromatic N) is 1. The van der Waals surface area contributed by atoms with Gasteiger partial charge in [0.05, 0.1) is 19.9 Å². The van der Waals surface area contributed by atoms with Crippen LogP contribution in [0.3, 0.4) is 0 Å². The molecular weight excluding hydrogens is 493 g/mol. The van der Waals surface area contributed by atoms with Crippen molar-refractivity contribution in [3.05, 3.63) is 64.1 Å². The zero-order valence-corrected chi connectivity index (χ0v) is 24.8. The van der Waals surface area contributed by atoms with Gasteiger partial charge in [0.15, 0.2) is 0 Å². The molecule has 1 aromatic heterocycles. The van der Waals surface area contributed by atoms with Crippen LogP contribution in [-0.2, 0) is 4.79 Å². The number of aliphatic hydroxyl groups is 2. The van der Waals surface area contributed by atoms with Gasteiger partial charge in [-0.25, -0.2) is 4.39 Å². The molecule has 0 amide bonds. The van der Waals surface area contributed by atoms with Gasteiger partial charge in [0.1, 0.15) is 5.82 Å². The van der Waals surface area contributed by atoms with Crippen molar-refractivity contribution in [2.75, 3.05) is 0 Å². The molecule has 0 spiro atoms. The number of aliphatic carboxylic acids is 1. The van der Waals surface area contributed by atoms with Crippen LogP contribution in [0.15, 0.2) is 30.3 Å². The van der Waals surface area contributed by atoms with E-state index in [4.69, 9.17) is 2.74 Å². The lowest BCUT2D eigenvalue weighted by Gasteiger charge is -2.40. The van der Waals surface area contributed by atoms with Crippen LogP contribution >= 0.6 is 0 Å². The minimum Gasteiger partial charge on any atom is -0.481 e. The van der Waals surface area contributed by atoms with E-state index >= 15 is 0 Å². The highest BCUT2D eigenvalue weighted by molar-refractivity contribution is 6.02. The highest BCUT2D eigenvalue weighted by atomic mass is 19.1. The number of fused-ring (bicyclic) bond motifs is 1. The number of carboxylic acids is 1. The Kier molecular flexibility index (Phi) is 7.71. The van der Waals surface area contributed by atoms with E-state index in [1.54, 1.807) is 32.1 Å². The predicted molar refractivity (Wildman–Crippen MR) is 158 cm³/mol. The quantitative estimate of drug-likeness (QED) is 0.263. The van der Waals surface area contributed by atoms with Crippen molar-refractivity contribution < 1.29 is 27.2 Å². The minimum absolute atomic E-state index is 0.0872. The summed E-state index contributed by atoms with van der Waals surface area (Å²) in [4.78, 5) is 11.7. The number of halogens is 1. The number of hydrogen-bond donors (Lipinski definition) is 3. The van der Waals surface area contributed by atoms with Gasteiger partial charge in [0, 0.05) is 34.1 Å². The molecule has 6 heteroatoms. The summed E-state index contributed by atoms with van der Waals surface area (Å²) in [6.07, 6.45) is 4.01. The Morgan fingerprint density at radius 1 is 1.08 bits per heavy atom. The average molecular weight is 540 g/mol. The fraction of sp³-hybridized carbons (Fsp3) is 0.485. The maximum Gasteiger partial charge on any atom is 0.309 e. The van der Waals surface area contributed by atoms with Crippen LogP contribution in [0.5, 0.6) is 0 Å². The molecule has 212 valence electrons. The van der Waals surface area contributed by atoms with E-state index < -0.39 is 29.0 Å². The normalized spacial score (nSPS) is 18.4. The maximum absolute atomic E-state index is 14.6. The van der Waals surface area contributed by atoms with Crippen LogP contribution < -0.4 is 0 Å². The molecule has 0 aliphatic carbocycles. The van der Waals surface area contributed by atoms with Crippen molar-refractivity contribution in [3.63, 3.8) is 0 Å². The van der Waals surface area contributed by atoms with Gasteiger partial charge < -0.3 is 19.9 Å². The monoisotopic (exact) mass is 539 g/mol. The largest absolute Gasteiger partial charge is 0.481 e. The SMILES string of the molecule is [2H]c1c(C)c(C)c([2H])c2c1c(-c1ccc(F)c(C)c1C)c(/C=C/[C@@](C)(O)C(C)[C@@](C)(O)C(C)C(=O)O)n2C(C)CC. The Bertz CT molecular complexity index is 1540. The number of carboxylic acid groups (broad SMARTS) is 1. The second-order valence-electron chi connectivity index (χ2n) is 11.5. The van der Waals surface area contributed by atoms with Crippen molar-refractivity contribution in [3.8, 4) is 11.1 Å². The van der Waals surface area contributed by atoms with E-state index in [-0.39, 0.29) is 11.9 Å². The minimum atomic E-state index is -1.73. The van der Waals surface area contributed by atoms with Crippen LogP contribution in [0.25, 0.3) is 28.1 Å². The van der Waals surface area contributed by atoms with Crippen molar-refractivity contribution in [1.29, 1.82) is 0 Å². The topological polar surface area (TPSA) is 82.7 Å². The van der Waals surface area contributed by atoms with E-state index in [2.05, 4.69) is 0 Å². The summed E-state index contributed by atoms with van der Waals surface area (Å²) in [5.74, 6) is -3.51. The second-order valence-corrected chi connectivity index (χ2v) is 11.5. The molecule has 39 heavy (non-hydrogen) atoms. The summed E-state index contributed by atoms with van der Waals surface area (Å²) in [5, 5.41) is 32.9. The molecule has 0 radical (unpaired) electrons. The van der Waals surface area contributed by atoms with Gasteiger partial charge in [-0.1, -0.05) is 26.0 Å². The van der Waals surface area contributed by atoms with Gasteiger partial charge in [-0.05, 0) is 114 Å². The van der Waals surface area contributed by atoms with Crippen LogP contribution in [0, 0.1) is 45.3 Å². The molecule has 0 fully saturated rings. The van der Waals surface area contributed by atoms with E-state index in [1.807, 2.05) is 39.2 Å². The Labute approximate surface area is 234 Å². The van der Waals surface area contributed by atoms with Crippen molar-refractivity contribution in [2.24, 2.45) is 11.8 Å². The summed E-state index contributed by atoms with van der Waals surface area (Å²) < 4.78 is 34.9. The number of aromatic nitrogens is 1. The molecule has 5 nitrogen and oxygen atoms in total. The standard InChI is InChI=1S/C33H44FNO4/c1-11-20(4)35-28(14-15-32(9,38)24(8)33(10,39)23(7)31(36)37)30(25-12-13-27(34)22(6)21(25)5)26-16-18(2)19(3)17-29(26)35/h12-17,20,23-24,38-39H,11H2,1-10H3,(H,36,37)/b15-14+/t20?,23?,24?,32-,33+/m1/s1/i16D,17D. The lowest BCUT2D eigenvalue weighted by Crippen LogP contribution is -2.52. The molecule has 3 N–H and O–H groups in total. The molecule has 0 aliphatic heterocycles. The van der Waals surface area contributed by atoms with Crippen LogP contribution in [-0.4, -0.2) is 37.1 Å². The lowest BCUT2D eigenvalue weighted by molar-refractivity contribution is -0.160. The van der Waals surface area contributed by atoms with E-state index in [0.29, 0.717) is 56.5 Å². The first-order chi connectivity index (χ1) is 18.8. The van der Waals surface area contributed by atoms with Crippen LogP contribution in [0.1, 0.15) is 84.7 Å². The van der Waals surface area contributed by atoms with E-state index in [1.165, 1.54) is 26.8 Å². The number of benzene rings is 2. The highest BCUT2D eigenvalue weighted by Gasteiger charge is 2.46. The molecule has 1 heterocycles. The third kappa shape index (κ3) is 5.42. The number of carbonyl (C=O) groups is 1. The van der Waals surface area contributed by atoms with Gasteiger partial charge in [-0.15, -0.1) is 0 Å². The average Bonchev–Trinajstić information content (AvgIpc) is 3.26. The van der Waals surface area contributed by atoms with Crippen LogP contribution in [0.2, 0.25) is 0 Å². The first kappa shape index (κ1) is 27.6. The molecule has 0 bridgehead atoms. The van der Waals surface area contributed by atoms with Crippen molar-refractivity contribution in [1.82, 2.24) is 4.57 Å². The molecule has 0 saturated carbocycles. The third-order valence-electron chi connectivity index (χ3n) is 9.03. The summed E-state index contributed by atoms with van der Waals surface area (Å²) in [6.45, 7) is 17.2. The number of hydrogen-bond acceptors (Lipinski definition) is 3. The third-order valence-corrected chi connectivity index (χ3v) is 9.03. The van der Waals surface area contributed by atoms with Gasteiger partial charge in [-0.2, -0.15) is 0 Å². The Balaban J connectivity index is 2.49. The lowest BCUT2D eigenvalue weighted by atomic mass is 9.72. The Morgan fingerprint density at radius 2 is 1.67 bits per heavy atom. The zero-order chi connectivity index (χ0) is 31.4. The fourth-order valence-electron chi connectivity index (χ4n) is 5.15. The maximum atomic E-state index is 14.6. The van der Waals surface area contributed by atoms with Crippen molar-refractivity contribution >= 4 is 22.9 Å². The first-order valence-corrected chi connectivity index (χ1v) is 13.6. The molecule has 0 aliphatic rings. The Hall–Kier alpha value is -2.96. The van der Waals surface area contributed by atoms with E-state index in [9.17, 15) is 24.5 Å². The molecule has 2 aromatic carbocycles. The zero-order valence-electron chi connectivity index (χ0n) is 26.8. The molecular formula is C33H44FNO4. The summed E-state index contributed by atoms with van der Waals surface area (Å²) in [5.41, 5.74) is 1.89. The Morgan fingerprint density at radius 3 is 2.23 bits per heavy atom. The summed E-state index contributed by atoms with van der Waals surface area (Å²) in [7, 11) is 0. The fourth-order valence-corrected chi connectivity index (χ4v) is 5.15. The van der Waals surface area contributed by atoms with Gasteiger partial charge in [-0.3, -0.25) is 4.79 Å². The predicted octanol–water partition coefficient (Wildman–Crippen LogP) is 7.52. The van der Waals surface area contributed by atoms with Crippen LogP contribution in [0.4, 0.5) is 4.39 Å². The molecule has 3 rings (SSSR count). The van der Waals surface area contributed by atoms with Gasteiger partial charge in [0.2, 0.25) is 0 Å². The van der Waals surface area contributed by atoms with Crippen molar-refractivity contribution in [2.45, 2.75) is 92.9 Å². The molecule has 3 unspecified atom stereocenters. The van der Waals surface area contributed by atoms with Gasteiger partial charge in [0.25, 0.3) is 0 Å². The summed E-state index contributed by atoms with van der Waals surface area (Å²) in [6, 6.07) is 3.62. The second kappa shape index (κ2) is 10.9. The van der Waals surface area contributed by atoms with E-state index in [0.717, 1.165) is 12.0 Å².